The first kappa shape index (κ1) is 15.1. The molecule has 0 bridgehead atoms. The van der Waals surface area contributed by atoms with E-state index in [2.05, 4.69) is 34.6 Å². The number of hydrogen-bond acceptors (Lipinski definition) is 2. The third-order valence-corrected chi connectivity index (χ3v) is 4.12. The molecular weight excluding hydrogens is 204 g/mol. The predicted octanol–water partition coefficient (Wildman–Crippen LogP) is 3.50. The highest BCUT2D eigenvalue weighted by Crippen LogP contribution is 2.22. The van der Waals surface area contributed by atoms with E-state index in [4.69, 9.17) is 8.85 Å². The molecular formula is C12H28O2Si. The van der Waals surface area contributed by atoms with E-state index in [1.165, 1.54) is 6.42 Å². The van der Waals surface area contributed by atoms with Crippen LogP contribution in [0.5, 0.6) is 0 Å². The first-order chi connectivity index (χ1) is 6.99. The normalized spacial score (nSPS) is 12.4. The first-order valence-corrected chi connectivity index (χ1v) is 7.98. The van der Waals surface area contributed by atoms with Crippen molar-refractivity contribution in [2.24, 2.45) is 5.41 Å². The number of rotatable bonds is 8. The van der Waals surface area contributed by atoms with Crippen LogP contribution in [0.1, 0.15) is 53.9 Å². The molecule has 0 amide bonds. The molecule has 0 aromatic heterocycles. The van der Waals surface area contributed by atoms with Crippen molar-refractivity contribution in [3.8, 4) is 0 Å². The zero-order chi connectivity index (χ0) is 11.7. The average Bonchev–Trinajstić information content (AvgIpc) is 2.15. The van der Waals surface area contributed by atoms with Crippen LogP contribution >= 0.6 is 0 Å². The van der Waals surface area contributed by atoms with Crippen molar-refractivity contribution >= 4 is 9.28 Å². The second-order valence-electron chi connectivity index (χ2n) is 5.27. The lowest BCUT2D eigenvalue weighted by Crippen LogP contribution is -2.25. The van der Waals surface area contributed by atoms with Crippen molar-refractivity contribution in [3.05, 3.63) is 0 Å². The molecule has 0 rings (SSSR count). The summed E-state index contributed by atoms with van der Waals surface area (Å²) in [6.07, 6.45) is 3.39. The minimum absolute atomic E-state index is 0.399. The summed E-state index contributed by atoms with van der Waals surface area (Å²) < 4.78 is 11.6. The van der Waals surface area contributed by atoms with Gasteiger partial charge in [-0.1, -0.05) is 34.6 Å². The Morgan fingerprint density at radius 3 is 1.73 bits per heavy atom. The highest BCUT2D eigenvalue weighted by atomic mass is 28.3. The topological polar surface area (TPSA) is 18.5 Å². The van der Waals surface area contributed by atoms with Crippen molar-refractivity contribution in [2.75, 3.05) is 13.2 Å². The van der Waals surface area contributed by atoms with Crippen molar-refractivity contribution in [3.63, 3.8) is 0 Å². The summed E-state index contributed by atoms with van der Waals surface area (Å²) in [4.78, 5) is 0. The predicted molar refractivity (Wildman–Crippen MR) is 68.5 cm³/mol. The van der Waals surface area contributed by atoms with Crippen molar-refractivity contribution in [2.45, 2.75) is 59.9 Å². The van der Waals surface area contributed by atoms with Gasteiger partial charge in [0.1, 0.15) is 0 Å². The van der Waals surface area contributed by atoms with Crippen LogP contribution in [0.2, 0.25) is 6.04 Å². The van der Waals surface area contributed by atoms with Crippen LogP contribution in [0.4, 0.5) is 0 Å². The molecule has 0 aliphatic rings. The highest BCUT2D eigenvalue weighted by Gasteiger charge is 2.18. The van der Waals surface area contributed by atoms with Crippen molar-refractivity contribution < 1.29 is 8.85 Å². The van der Waals surface area contributed by atoms with Gasteiger partial charge in [0.15, 0.2) is 0 Å². The maximum absolute atomic E-state index is 5.81. The molecule has 0 saturated carbocycles. The third-order valence-electron chi connectivity index (χ3n) is 2.15. The molecule has 0 saturated heterocycles. The van der Waals surface area contributed by atoms with Crippen LogP contribution in [0, 0.1) is 5.41 Å². The lowest BCUT2D eigenvalue weighted by Gasteiger charge is -2.22. The Morgan fingerprint density at radius 1 is 0.933 bits per heavy atom. The molecule has 0 unspecified atom stereocenters. The molecule has 0 aromatic rings. The van der Waals surface area contributed by atoms with Gasteiger partial charge in [-0.25, -0.2) is 0 Å². The second-order valence-corrected chi connectivity index (χ2v) is 7.37. The van der Waals surface area contributed by atoms with Crippen molar-refractivity contribution in [1.29, 1.82) is 0 Å². The fourth-order valence-corrected chi connectivity index (χ4v) is 3.79. The van der Waals surface area contributed by atoms with Gasteiger partial charge >= 0.3 is 9.28 Å². The van der Waals surface area contributed by atoms with Crippen LogP contribution in [0.15, 0.2) is 0 Å². The lowest BCUT2D eigenvalue weighted by atomic mass is 9.94. The molecule has 0 fully saturated rings. The van der Waals surface area contributed by atoms with Crippen molar-refractivity contribution in [1.82, 2.24) is 0 Å². The average molecular weight is 232 g/mol. The minimum atomic E-state index is -1.37. The monoisotopic (exact) mass is 232 g/mol. The smallest absolute Gasteiger partial charge is 0.321 e. The van der Waals surface area contributed by atoms with E-state index in [-0.39, 0.29) is 0 Å². The van der Waals surface area contributed by atoms with E-state index < -0.39 is 9.28 Å². The van der Waals surface area contributed by atoms with Crippen LogP contribution < -0.4 is 0 Å². The molecule has 0 aliphatic carbocycles. The zero-order valence-electron chi connectivity index (χ0n) is 11.1. The molecule has 3 heteroatoms. The fourth-order valence-electron chi connectivity index (χ4n) is 1.26. The SMILES string of the molecule is CCCO[SiH](CCC(C)(C)C)OCCC. The van der Waals surface area contributed by atoms with E-state index in [9.17, 15) is 0 Å². The molecule has 0 radical (unpaired) electrons. The van der Waals surface area contributed by atoms with E-state index in [0.717, 1.165) is 32.1 Å². The molecule has 0 heterocycles. The van der Waals surface area contributed by atoms with Gasteiger partial charge in [0, 0.05) is 13.2 Å². The Bertz CT molecular complexity index is 135. The molecule has 0 aliphatic heterocycles. The molecule has 0 N–H and O–H groups in total. The van der Waals surface area contributed by atoms with Gasteiger partial charge in [-0.2, -0.15) is 0 Å². The molecule has 0 spiro atoms. The Balaban J connectivity index is 3.78. The molecule has 0 aromatic carbocycles. The molecule has 2 nitrogen and oxygen atoms in total. The Hall–Kier alpha value is 0.137. The maximum atomic E-state index is 5.81. The standard InChI is InChI=1S/C12H28O2Si/c1-6-9-13-15(14-10-7-2)11-8-12(3,4)5/h15H,6-11H2,1-5H3. The summed E-state index contributed by atoms with van der Waals surface area (Å²) in [6, 6.07) is 1.14. The summed E-state index contributed by atoms with van der Waals surface area (Å²) >= 11 is 0. The van der Waals surface area contributed by atoms with Gasteiger partial charge in [0.2, 0.25) is 0 Å². The maximum Gasteiger partial charge on any atom is 0.321 e. The third kappa shape index (κ3) is 10.4. The van der Waals surface area contributed by atoms with Gasteiger partial charge in [0.25, 0.3) is 0 Å². The lowest BCUT2D eigenvalue weighted by molar-refractivity contribution is 0.191. The van der Waals surface area contributed by atoms with E-state index >= 15 is 0 Å². The second kappa shape index (κ2) is 8.31. The van der Waals surface area contributed by atoms with Gasteiger partial charge in [0.05, 0.1) is 0 Å². The van der Waals surface area contributed by atoms with Crippen LogP contribution in [0.3, 0.4) is 0 Å². The first-order valence-electron chi connectivity index (χ1n) is 6.22. The molecule has 92 valence electrons. The summed E-state index contributed by atoms with van der Waals surface area (Å²) in [7, 11) is -1.37. The van der Waals surface area contributed by atoms with Crippen LogP contribution in [-0.2, 0) is 8.85 Å². The van der Waals surface area contributed by atoms with Crippen LogP contribution in [0.25, 0.3) is 0 Å². The van der Waals surface area contributed by atoms with Gasteiger partial charge < -0.3 is 8.85 Å². The van der Waals surface area contributed by atoms with Gasteiger partial charge in [-0.05, 0) is 30.7 Å². The van der Waals surface area contributed by atoms with E-state index in [1.807, 2.05) is 0 Å². The largest absolute Gasteiger partial charge is 0.397 e. The zero-order valence-corrected chi connectivity index (χ0v) is 12.3. The summed E-state index contributed by atoms with van der Waals surface area (Å²) in [5.74, 6) is 0. The quantitative estimate of drug-likeness (QED) is 0.596. The Kier molecular flexibility index (Phi) is 8.38. The summed E-state index contributed by atoms with van der Waals surface area (Å²) in [5.41, 5.74) is 0.399. The minimum Gasteiger partial charge on any atom is -0.397 e. The number of hydrogen-bond donors (Lipinski definition) is 0. The van der Waals surface area contributed by atoms with Gasteiger partial charge in [-0.15, -0.1) is 0 Å². The molecule has 15 heavy (non-hydrogen) atoms. The summed E-state index contributed by atoms with van der Waals surface area (Å²) in [6.45, 7) is 12.9. The highest BCUT2D eigenvalue weighted by molar-refractivity contribution is 6.44. The summed E-state index contributed by atoms with van der Waals surface area (Å²) in [5, 5.41) is 0. The van der Waals surface area contributed by atoms with Gasteiger partial charge in [-0.3, -0.25) is 0 Å². The Morgan fingerprint density at radius 2 is 1.40 bits per heavy atom. The van der Waals surface area contributed by atoms with E-state index in [0.29, 0.717) is 5.41 Å². The molecule has 0 atom stereocenters. The Labute approximate surface area is 97.2 Å². The fraction of sp³-hybridized carbons (Fsp3) is 1.00. The van der Waals surface area contributed by atoms with Crippen LogP contribution in [-0.4, -0.2) is 22.5 Å². The van der Waals surface area contributed by atoms with E-state index in [1.54, 1.807) is 0 Å².